The van der Waals surface area contributed by atoms with Crippen LogP contribution in [0.25, 0.3) is 0 Å². The third-order valence-electron chi connectivity index (χ3n) is 2.30. The van der Waals surface area contributed by atoms with Crippen LogP contribution in [-0.4, -0.2) is 35.9 Å². The van der Waals surface area contributed by atoms with Crippen molar-refractivity contribution in [2.75, 3.05) is 12.4 Å². The van der Waals surface area contributed by atoms with Crippen LogP contribution in [0, 0.1) is 5.82 Å². The number of amides is 1. The van der Waals surface area contributed by atoms with Gasteiger partial charge in [-0.3, -0.25) is 5.32 Å². The van der Waals surface area contributed by atoms with E-state index in [2.05, 4.69) is 15.0 Å². The van der Waals surface area contributed by atoms with Gasteiger partial charge >= 0.3 is 12.1 Å². The normalized spacial score (nSPS) is 12.3. The lowest BCUT2D eigenvalue weighted by molar-refractivity contribution is -0.148. The summed E-state index contributed by atoms with van der Waals surface area (Å²) in [6, 6.07) is 1.15. The molecule has 0 aromatic carbocycles. The van der Waals surface area contributed by atoms with Gasteiger partial charge in [-0.2, -0.15) is 0 Å². The lowest BCUT2D eigenvalue weighted by Crippen LogP contribution is -2.28. The molecular weight excluding hydrogens is 295 g/mol. The Bertz CT molecular complexity index is 557. The highest BCUT2D eigenvalue weighted by Crippen LogP contribution is 2.20. The van der Waals surface area contributed by atoms with E-state index in [0.29, 0.717) is 0 Å². The van der Waals surface area contributed by atoms with E-state index in [1.165, 1.54) is 14.0 Å². The van der Waals surface area contributed by atoms with Gasteiger partial charge in [0, 0.05) is 6.07 Å². The summed E-state index contributed by atoms with van der Waals surface area (Å²) in [6.45, 7) is 6.50. The van der Waals surface area contributed by atoms with Gasteiger partial charge in [-0.15, -0.1) is 0 Å². The summed E-state index contributed by atoms with van der Waals surface area (Å²) in [6.07, 6.45) is -0.867. The topological polar surface area (TPSA) is 86.8 Å². The second kappa shape index (κ2) is 7.06. The summed E-state index contributed by atoms with van der Waals surface area (Å²) >= 11 is 0. The van der Waals surface area contributed by atoms with Crippen LogP contribution >= 0.6 is 0 Å². The van der Waals surface area contributed by atoms with Gasteiger partial charge in [-0.05, 0) is 27.7 Å². The molecule has 1 atom stereocenters. The minimum Gasteiger partial charge on any atom is -0.466 e. The molecular formula is C14H19FN2O5. The van der Waals surface area contributed by atoms with Crippen LogP contribution in [0.5, 0.6) is 5.88 Å². The number of rotatable bonds is 4. The highest BCUT2D eigenvalue weighted by Gasteiger charge is 2.19. The molecule has 0 saturated carbocycles. The predicted molar refractivity (Wildman–Crippen MR) is 76.2 cm³/mol. The fraction of sp³-hybridized carbons (Fsp3) is 0.500. The van der Waals surface area contributed by atoms with Crippen LogP contribution in [0.15, 0.2) is 12.3 Å². The van der Waals surface area contributed by atoms with Crippen molar-refractivity contribution >= 4 is 17.7 Å². The Balaban J connectivity index is 2.82. The minimum atomic E-state index is -0.919. The first kappa shape index (κ1) is 17.7. The van der Waals surface area contributed by atoms with E-state index in [9.17, 15) is 14.0 Å². The van der Waals surface area contributed by atoms with E-state index in [-0.39, 0.29) is 11.6 Å². The van der Waals surface area contributed by atoms with Crippen LogP contribution in [0.3, 0.4) is 0 Å². The molecule has 7 nitrogen and oxygen atoms in total. The molecule has 22 heavy (non-hydrogen) atoms. The predicted octanol–water partition coefficient (Wildman–Crippen LogP) is 2.51. The van der Waals surface area contributed by atoms with Gasteiger partial charge in [0.2, 0.25) is 5.88 Å². The van der Waals surface area contributed by atoms with E-state index < -0.39 is 29.6 Å². The zero-order valence-corrected chi connectivity index (χ0v) is 13.1. The number of anilines is 1. The molecule has 0 fully saturated rings. The van der Waals surface area contributed by atoms with Crippen LogP contribution < -0.4 is 10.1 Å². The van der Waals surface area contributed by atoms with Crippen molar-refractivity contribution in [1.29, 1.82) is 0 Å². The molecule has 122 valence electrons. The Morgan fingerprint density at radius 3 is 2.55 bits per heavy atom. The largest absolute Gasteiger partial charge is 0.466 e. The molecule has 0 aliphatic carbocycles. The average Bonchev–Trinajstić information content (AvgIpc) is 2.39. The maximum absolute atomic E-state index is 13.6. The number of methoxy groups -OCH3 is 1. The Labute approximate surface area is 127 Å². The Morgan fingerprint density at radius 2 is 2.00 bits per heavy atom. The van der Waals surface area contributed by atoms with Crippen molar-refractivity contribution in [2.24, 2.45) is 0 Å². The van der Waals surface area contributed by atoms with Gasteiger partial charge in [0.1, 0.15) is 5.60 Å². The Hall–Kier alpha value is -2.38. The quantitative estimate of drug-likeness (QED) is 0.859. The van der Waals surface area contributed by atoms with E-state index in [4.69, 9.17) is 9.47 Å². The van der Waals surface area contributed by atoms with Gasteiger partial charge in [0.25, 0.3) is 0 Å². The summed E-state index contributed by atoms with van der Waals surface area (Å²) in [5.74, 6) is -1.40. The third-order valence-corrected chi connectivity index (χ3v) is 2.30. The van der Waals surface area contributed by atoms with Crippen LogP contribution in [-0.2, 0) is 14.3 Å². The monoisotopic (exact) mass is 314 g/mol. The van der Waals surface area contributed by atoms with E-state index >= 15 is 0 Å². The smallest absolute Gasteiger partial charge is 0.412 e. The molecule has 1 N–H and O–H groups in total. The molecule has 0 unspecified atom stereocenters. The summed E-state index contributed by atoms with van der Waals surface area (Å²) < 4.78 is 28.4. The van der Waals surface area contributed by atoms with Crippen LogP contribution in [0.2, 0.25) is 0 Å². The van der Waals surface area contributed by atoms with Gasteiger partial charge < -0.3 is 14.2 Å². The van der Waals surface area contributed by atoms with Crippen molar-refractivity contribution in [3.63, 3.8) is 0 Å². The van der Waals surface area contributed by atoms with E-state index in [1.807, 2.05) is 0 Å². The average molecular weight is 314 g/mol. The molecule has 0 spiro atoms. The van der Waals surface area contributed by atoms with Crippen LogP contribution in [0.1, 0.15) is 27.7 Å². The number of carbonyl (C=O) groups is 2. The van der Waals surface area contributed by atoms with Crippen LogP contribution in [0.4, 0.5) is 14.9 Å². The van der Waals surface area contributed by atoms with Gasteiger partial charge in [0.15, 0.2) is 11.9 Å². The number of nitrogens with one attached hydrogen (secondary N) is 1. The number of aromatic nitrogens is 1. The summed E-state index contributed by atoms with van der Waals surface area (Å²) in [4.78, 5) is 26.6. The van der Waals surface area contributed by atoms with Crippen molar-refractivity contribution in [3.8, 4) is 5.88 Å². The summed E-state index contributed by atoms with van der Waals surface area (Å²) in [5.41, 5.74) is -0.886. The Kier molecular flexibility index (Phi) is 5.67. The summed E-state index contributed by atoms with van der Waals surface area (Å²) in [7, 11) is 1.22. The fourth-order valence-corrected chi connectivity index (χ4v) is 1.39. The molecule has 1 amide bonds. The van der Waals surface area contributed by atoms with Crippen molar-refractivity contribution < 1.29 is 28.2 Å². The number of hydrogen-bond donors (Lipinski definition) is 1. The molecule has 0 saturated heterocycles. The van der Waals surface area contributed by atoms with E-state index in [0.717, 1.165) is 12.3 Å². The first-order valence-corrected chi connectivity index (χ1v) is 6.52. The number of nitrogens with zero attached hydrogens (tertiary/aromatic N) is 1. The lowest BCUT2D eigenvalue weighted by atomic mass is 10.2. The molecule has 0 aliphatic heterocycles. The number of hydrogen-bond acceptors (Lipinski definition) is 6. The van der Waals surface area contributed by atoms with Gasteiger partial charge in [-0.25, -0.2) is 19.0 Å². The van der Waals surface area contributed by atoms with E-state index in [1.54, 1.807) is 20.8 Å². The van der Waals surface area contributed by atoms with Crippen molar-refractivity contribution in [2.45, 2.75) is 39.4 Å². The first-order chi connectivity index (χ1) is 10.1. The highest BCUT2D eigenvalue weighted by molar-refractivity contribution is 5.85. The number of esters is 1. The Morgan fingerprint density at radius 1 is 1.36 bits per heavy atom. The van der Waals surface area contributed by atoms with Gasteiger partial charge in [0.05, 0.1) is 19.0 Å². The molecule has 0 bridgehead atoms. The molecule has 1 rings (SSSR count). The number of pyridine rings is 1. The van der Waals surface area contributed by atoms with Crippen molar-refractivity contribution in [3.05, 3.63) is 18.1 Å². The maximum atomic E-state index is 13.6. The maximum Gasteiger partial charge on any atom is 0.412 e. The molecule has 8 heteroatoms. The number of halogens is 1. The standard InChI is InChI=1S/C14H19FN2O5/c1-8(12(18)20-5)21-11-6-10(9(15)7-16-11)17-13(19)22-14(2,3)4/h6-8H,1-5H3,(H,16,17,19)/t8-/m0/s1. The molecule has 0 aliphatic rings. The number of ether oxygens (including phenoxy) is 3. The lowest BCUT2D eigenvalue weighted by Gasteiger charge is -2.20. The summed E-state index contributed by atoms with van der Waals surface area (Å²) in [5, 5.41) is 2.25. The minimum absolute atomic E-state index is 0.0367. The molecule has 1 aromatic rings. The second-order valence-corrected chi connectivity index (χ2v) is 5.41. The number of carbonyl (C=O) groups excluding carboxylic acids is 2. The fourth-order valence-electron chi connectivity index (χ4n) is 1.39. The highest BCUT2D eigenvalue weighted by atomic mass is 19.1. The first-order valence-electron chi connectivity index (χ1n) is 6.52. The van der Waals surface area contributed by atoms with Crippen molar-refractivity contribution in [1.82, 2.24) is 4.98 Å². The molecule has 1 aromatic heterocycles. The second-order valence-electron chi connectivity index (χ2n) is 5.41. The zero-order chi connectivity index (χ0) is 16.9. The zero-order valence-electron chi connectivity index (χ0n) is 13.1. The molecule has 0 radical (unpaired) electrons. The molecule has 1 heterocycles. The van der Waals surface area contributed by atoms with Gasteiger partial charge in [-0.1, -0.05) is 0 Å². The SMILES string of the molecule is COC(=O)[C@H](C)Oc1cc(NC(=O)OC(C)(C)C)c(F)cn1. The third kappa shape index (κ3) is 5.55.